The summed E-state index contributed by atoms with van der Waals surface area (Å²) in [5.74, 6) is -0.00360. The summed E-state index contributed by atoms with van der Waals surface area (Å²) in [4.78, 5) is 20.4. The molecule has 0 radical (unpaired) electrons. The van der Waals surface area contributed by atoms with E-state index in [4.69, 9.17) is 0 Å². The van der Waals surface area contributed by atoms with Gasteiger partial charge in [0.25, 0.3) is 5.91 Å². The molecule has 1 aromatic carbocycles. The van der Waals surface area contributed by atoms with Gasteiger partial charge in [-0.2, -0.15) is 5.10 Å². The minimum atomic E-state index is -0.00360. The summed E-state index contributed by atoms with van der Waals surface area (Å²) in [5, 5.41) is 7.36. The molecular formula is C21H20N4OS. The normalized spacial score (nSPS) is 11.0. The van der Waals surface area contributed by atoms with Crippen LogP contribution >= 0.6 is 11.3 Å². The lowest BCUT2D eigenvalue weighted by Gasteiger charge is -2.20. The molecule has 0 fully saturated rings. The summed E-state index contributed by atoms with van der Waals surface area (Å²) >= 11 is 1.66. The Morgan fingerprint density at radius 2 is 2.00 bits per heavy atom. The number of nitrogens with zero attached hydrogens (tertiary/aromatic N) is 4. The molecule has 0 spiro atoms. The second-order valence-corrected chi connectivity index (χ2v) is 7.36. The molecule has 0 aliphatic carbocycles. The molecular weight excluding hydrogens is 356 g/mol. The number of fused-ring (bicyclic) bond motifs is 1. The molecule has 0 atom stereocenters. The third-order valence-electron chi connectivity index (χ3n) is 4.49. The van der Waals surface area contributed by atoms with Crippen LogP contribution in [0.2, 0.25) is 0 Å². The number of benzene rings is 1. The van der Waals surface area contributed by atoms with Crippen LogP contribution in [0.4, 0.5) is 0 Å². The molecule has 4 rings (SSSR count). The maximum absolute atomic E-state index is 12.9. The fraction of sp³-hybridized carbons (Fsp3) is 0.190. The van der Waals surface area contributed by atoms with Crippen LogP contribution in [0.5, 0.6) is 0 Å². The van der Waals surface area contributed by atoms with E-state index in [1.807, 2.05) is 52.2 Å². The minimum absolute atomic E-state index is 0.00360. The van der Waals surface area contributed by atoms with Crippen LogP contribution in [-0.4, -0.2) is 32.1 Å². The molecule has 5 nitrogen and oxygen atoms in total. The highest BCUT2D eigenvalue weighted by molar-refractivity contribution is 7.09. The molecule has 3 heterocycles. The van der Waals surface area contributed by atoms with Crippen molar-refractivity contribution in [1.82, 2.24) is 19.7 Å². The van der Waals surface area contributed by atoms with Gasteiger partial charge in [-0.25, -0.2) is 9.67 Å². The van der Waals surface area contributed by atoms with Gasteiger partial charge in [-0.1, -0.05) is 36.4 Å². The molecule has 0 saturated carbocycles. The van der Waals surface area contributed by atoms with Crippen LogP contribution < -0.4 is 0 Å². The fourth-order valence-electron chi connectivity index (χ4n) is 3.06. The van der Waals surface area contributed by atoms with Crippen molar-refractivity contribution in [1.29, 1.82) is 0 Å². The van der Waals surface area contributed by atoms with Gasteiger partial charge in [0.15, 0.2) is 5.65 Å². The number of aromatic nitrogens is 3. The SMILES string of the molecule is CCN(Cc1cccs1)C(=O)c1cnc2c(cnn2Cc2ccccc2)c1. The second kappa shape index (κ2) is 7.72. The van der Waals surface area contributed by atoms with Gasteiger partial charge in [-0.05, 0) is 30.0 Å². The number of thiophene rings is 1. The van der Waals surface area contributed by atoms with Gasteiger partial charge in [0.05, 0.1) is 24.8 Å². The summed E-state index contributed by atoms with van der Waals surface area (Å²) < 4.78 is 1.86. The number of amides is 1. The Morgan fingerprint density at radius 1 is 1.15 bits per heavy atom. The molecule has 0 aliphatic rings. The van der Waals surface area contributed by atoms with Gasteiger partial charge in [-0.15, -0.1) is 11.3 Å². The highest BCUT2D eigenvalue weighted by Crippen LogP contribution is 2.18. The maximum atomic E-state index is 12.9. The van der Waals surface area contributed by atoms with Crippen LogP contribution in [0.3, 0.4) is 0 Å². The number of carbonyl (C=O) groups excluding carboxylic acids is 1. The summed E-state index contributed by atoms with van der Waals surface area (Å²) in [7, 11) is 0. The van der Waals surface area contributed by atoms with E-state index in [1.54, 1.807) is 23.7 Å². The molecule has 0 unspecified atom stereocenters. The zero-order valence-electron chi connectivity index (χ0n) is 15.1. The largest absolute Gasteiger partial charge is 0.334 e. The third-order valence-corrected chi connectivity index (χ3v) is 5.35. The molecule has 27 heavy (non-hydrogen) atoms. The van der Waals surface area contributed by atoms with Gasteiger partial charge in [0.1, 0.15) is 0 Å². The third kappa shape index (κ3) is 3.75. The first-order chi connectivity index (χ1) is 13.2. The number of hydrogen-bond acceptors (Lipinski definition) is 4. The van der Waals surface area contributed by atoms with Crippen LogP contribution in [0.1, 0.15) is 27.7 Å². The molecule has 0 N–H and O–H groups in total. The summed E-state index contributed by atoms with van der Waals surface area (Å²) in [6.07, 6.45) is 3.43. The van der Waals surface area contributed by atoms with E-state index in [0.717, 1.165) is 16.6 Å². The van der Waals surface area contributed by atoms with Crippen molar-refractivity contribution < 1.29 is 4.79 Å². The lowest BCUT2D eigenvalue weighted by molar-refractivity contribution is 0.0754. The van der Waals surface area contributed by atoms with Crippen LogP contribution in [-0.2, 0) is 13.1 Å². The van der Waals surface area contributed by atoms with E-state index in [0.29, 0.717) is 25.2 Å². The van der Waals surface area contributed by atoms with Crippen molar-refractivity contribution in [2.75, 3.05) is 6.54 Å². The lowest BCUT2D eigenvalue weighted by Crippen LogP contribution is -2.30. The quantitative estimate of drug-likeness (QED) is 0.507. The Balaban J connectivity index is 1.57. The molecule has 0 bridgehead atoms. The Morgan fingerprint density at radius 3 is 2.74 bits per heavy atom. The lowest BCUT2D eigenvalue weighted by atomic mass is 10.2. The second-order valence-electron chi connectivity index (χ2n) is 6.32. The minimum Gasteiger partial charge on any atom is -0.334 e. The van der Waals surface area contributed by atoms with E-state index < -0.39 is 0 Å². The number of pyridine rings is 1. The predicted octanol–water partition coefficient (Wildman–Crippen LogP) is 4.20. The van der Waals surface area contributed by atoms with Crippen molar-refractivity contribution in [2.45, 2.75) is 20.0 Å². The van der Waals surface area contributed by atoms with Crippen molar-refractivity contribution >= 4 is 28.3 Å². The number of carbonyl (C=O) groups is 1. The average molecular weight is 376 g/mol. The molecule has 1 amide bonds. The monoisotopic (exact) mass is 376 g/mol. The van der Waals surface area contributed by atoms with Crippen LogP contribution in [0.25, 0.3) is 11.0 Å². The van der Waals surface area contributed by atoms with Crippen LogP contribution in [0.15, 0.2) is 66.3 Å². The molecule has 136 valence electrons. The zero-order chi connectivity index (χ0) is 18.6. The summed E-state index contributed by atoms with van der Waals surface area (Å²) in [6.45, 7) is 3.93. The van der Waals surface area contributed by atoms with Crippen molar-refractivity contribution in [3.8, 4) is 0 Å². The summed E-state index contributed by atoms with van der Waals surface area (Å²) in [6, 6.07) is 16.1. The van der Waals surface area contributed by atoms with Crippen molar-refractivity contribution in [3.05, 3.63) is 82.3 Å². The molecule has 4 aromatic rings. The number of hydrogen-bond donors (Lipinski definition) is 0. The zero-order valence-corrected chi connectivity index (χ0v) is 15.9. The Labute approximate surface area is 161 Å². The smallest absolute Gasteiger partial charge is 0.255 e. The van der Waals surface area contributed by atoms with Gasteiger partial charge in [0, 0.05) is 23.0 Å². The van der Waals surface area contributed by atoms with Gasteiger partial charge >= 0.3 is 0 Å². The molecule has 6 heteroatoms. The first kappa shape index (κ1) is 17.4. The standard InChI is InChI=1S/C21H20N4OS/c1-2-24(15-19-9-6-10-27-19)21(26)18-11-17-13-23-25(20(17)22-12-18)14-16-7-4-3-5-8-16/h3-13H,2,14-15H2,1H3. The predicted molar refractivity (Wildman–Crippen MR) is 108 cm³/mol. The summed E-state index contributed by atoms with van der Waals surface area (Å²) in [5.41, 5.74) is 2.55. The van der Waals surface area contributed by atoms with Crippen LogP contribution in [0, 0.1) is 0 Å². The van der Waals surface area contributed by atoms with Crippen molar-refractivity contribution in [3.63, 3.8) is 0 Å². The first-order valence-corrected chi connectivity index (χ1v) is 9.79. The van der Waals surface area contributed by atoms with Gasteiger partial charge in [-0.3, -0.25) is 4.79 Å². The van der Waals surface area contributed by atoms with E-state index in [1.165, 1.54) is 4.88 Å². The Kier molecular flexibility index (Phi) is 4.98. The van der Waals surface area contributed by atoms with Gasteiger partial charge < -0.3 is 4.90 Å². The Hall–Kier alpha value is -2.99. The fourth-order valence-corrected chi connectivity index (χ4v) is 3.78. The van der Waals surface area contributed by atoms with E-state index in [2.05, 4.69) is 28.3 Å². The molecule has 0 aliphatic heterocycles. The van der Waals surface area contributed by atoms with E-state index in [9.17, 15) is 4.79 Å². The highest BCUT2D eigenvalue weighted by Gasteiger charge is 2.17. The van der Waals surface area contributed by atoms with Gasteiger partial charge in [0.2, 0.25) is 0 Å². The first-order valence-electron chi connectivity index (χ1n) is 8.91. The highest BCUT2D eigenvalue weighted by atomic mass is 32.1. The molecule has 0 saturated heterocycles. The van der Waals surface area contributed by atoms with E-state index in [-0.39, 0.29) is 5.91 Å². The number of rotatable bonds is 6. The molecule has 3 aromatic heterocycles. The maximum Gasteiger partial charge on any atom is 0.255 e. The Bertz CT molecular complexity index is 1040. The average Bonchev–Trinajstić information content (AvgIpc) is 3.36. The topological polar surface area (TPSA) is 51.0 Å². The van der Waals surface area contributed by atoms with Crippen molar-refractivity contribution in [2.24, 2.45) is 0 Å². The van der Waals surface area contributed by atoms with E-state index >= 15 is 0 Å².